The van der Waals surface area contributed by atoms with Crippen LogP contribution in [0, 0.1) is 16.3 Å². The second kappa shape index (κ2) is 3.88. The molecule has 0 amide bonds. The molecule has 18 heavy (non-hydrogen) atoms. The van der Waals surface area contributed by atoms with Crippen LogP contribution in [0.1, 0.15) is 23.9 Å². The Balaban J connectivity index is 2.21. The van der Waals surface area contributed by atoms with Crippen LogP contribution >= 0.6 is 0 Å². The molecular weight excluding hydrogens is 232 g/mol. The van der Waals surface area contributed by atoms with Crippen LogP contribution in [0.25, 0.3) is 11.0 Å². The highest BCUT2D eigenvalue weighted by Crippen LogP contribution is 2.30. The highest BCUT2D eigenvalue weighted by Gasteiger charge is 2.25. The fourth-order valence-electron chi connectivity index (χ4n) is 2.84. The van der Waals surface area contributed by atoms with Crippen molar-refractivity contribution < 1.29 is 9.84 Å². The van der Waals surface area contributed by atoms with Gasteiger partial charge < -0.3 is 15.5 Å². The zero-order valence-electron chi connectivity index (χ0n) is 10.2. The first-order chi connectivity index (χ1) is 8.65. The Kier molecular flexibility index (Phi) is 2.45. The summed E-state index contributed by atoms with van der Waals surface area (Å²) in [5, 5.41) is 33.1. The summed E-state index contributed by atoms with van der Waals surface area (Å²) in [4.78, 5) is 0. The molecule has 0 spiro atoms. The van der Waals surface area contributed by atoms with Crippen LogP contribution in [-0.2, 0) is 19.3 Å². The van der Waals surface area contributed by atoms with Gasteiger partial charge in [-0.15, -0.1) is 0 Å². The second-order valence-electron chi connectivity index (χ2n) is 4.93. The molecule has 1 aromatic heterocycles. The lowest BCUT2D eigenvalue weighted by Gasteiger charge is -2.04. The van der Waals surface area contributed by atoms with Crippen molar-refractivity contribution in [1.82, 2.24) is 4.73 Å². The summed E-state index contributed by atoms with van der Waals surface area (Å²) in [7, 11) is 0. The van der Waals surface area contributed by atoms with Gasteiger partial charge in [0, 0.05) is 13.0 Å². The van der Waals surface area contributed by atoms with E-state index in [1.807, 2.05) is 0 Å². The van der Waals surface area contributed by atoms with Gasteiger partial charge >= 0.3 is 0 Å². The summed E-state index contributed by atoms with van der Waals surface area (Å²) in [6.45, 7) is 1.94. The lowest BCUT2D eigenvalue weighted by molar-refractivity contribution is -0.586. The summed E-state index contributed by atoms with van der Waals surface area (Å²) >= 11 is 0. The quantitative estimate of drug-likeness (QED) is 0.632. The molecule has 96 valence electrons. The zero-order chi connectivity index (χ0) is 12.9. The molecular formula is C13H15N2O3-. The van der Waals surface area contributed by atoms with Crippen LogP contribution < -0.4 is 4.73 Å². The van der Waals surface area contributed by atoms with Crippen molar-refractivity contribution in [1.29, 1.82) is 0 Å². The molecule has 0 fully saturated rings. The fraction of sp³-hybridized carbons (Fsp3) is 0.462. The smallest absolute Gasteiger partial charge is 0.263 e. The Morgan fingerprint density at radius 3 is 2.67 bits per heavy atom. The van der Waals surface area contributed by atoms with E-state index in [1.54, 1.807) is 19.1 Å². The van der Waals surface area contributed by atoms with Crippen molar-refractivity contribution in [3.63, 3.8) is 0 Å². The lowest BCUT2D eigenvalue weighted by atomic mass is 10.1. The van der Waals surface area contributed by atoms with Gasteiger partial charge in [-0.3, -0.25) is 0 Å². The van der Waals surface area contributed by atoms with E-state index in [2.05, 4.69) is 0 Å². The van der Waals surface area contributed by atoms with Gasteiger partial charge in [0.05, 0.1) is 0 Å². The molecule has 0 aliphatic heterocycles. The number of imidazole rings is 1. The predicted octanol–water partition coefficient (Wildman–Crippen LogP) is 0.890. The maximum absolute atomic E-state index is 12.0. The minimum Gasteiger partial charge on any atom is -0.710 e. The van der Waals surface area contributed by atoms with E-state index >= 15 is 0 Å². The van der Waals surface area contributed by atoms with E-state index in [1.165, 1.54) is 0 Å². The van der Waals surface area contributed by atoms with Crippen LogP contribution in [0.3, 0.4) is 0 Å². The Morgan fingerprint density at radius 2 is 2.06 bits per heavy atom. The monoisotopic (exact) mass is 247 g/mol. The molecule has 2 aromatic rings. The van der Waals surface area contributed by atoms with Crippen molar-refractivity contribution in [3.8, 4) is 0 Å². The summed E-state index contributed by atoms with van der Waals surface area (Å²) in [5.74, 6) is 0.463. The van der Waals surface area contributed by atoms with Gasteiger partial charge in [-0.25, -0.2) is 9.46 Å². The summed E-state index contributed by atoms with van der Waals surface area (Å²) in [6.07, 6.45) is 1.99. The molecule has 0 bridgehead atoms. The minimum absolute atomic E-state index is 0.147. The maximum atomic E-state index is 12.0. The molecule has 0 saturated carbocycles. The van der Waals surface area contributed by atoms with Gasteiger partial charge in [-0.1, -0.05) is 6.92 Å². The molecule has 0 unspecified atom stereocenters. The van der Waals surface area contributed by atoms with Gasteiger partial charge in [0.25, 0.3) is 5.82 Å². The predicted molar refractivity (Wildman–Crippen MR) is 67.0 cm³/mol. The Labute approximate surface area is 104 Å². The molecule has 5 nitrogen and oxygen atoms in total. The summed E-state index contributed by atoms with van der Waals surface area (Å²) in [5.41, 5.74) is 3.05. The number of hydrogen-bond donors (Lipinski definition) is 1. The number of rotatable bonds is 2. The van der Waals surface area contributed by atoms with E-state index in [0.29, 0.717) is 17.5 Å². The first-order valence-electron chi connectivity index (χ1n) is 6.22. The van der Waals surface area contributed by atoms with Crippen molar-refractivity contribution in [2.75, 3.05) is 6.61 Å². The lowest BCUT2D eigenvalue weighted by Crippen LogP contribution is -2.30. The standard InChI is InChI=1S/C13H15N2O3/c1-2-13-14(17)11-5-9-3-8(7-16)4-10(9)6-12(11)15(13)18/h5-6,8,16H,2-4,7H2,1H3/q-1. The number of aliphatic hydroxyl groups is 1. The van der Waals surface area contributed by atoms with Crippen LogP contribution in [0.5, 0.6) is 0 Å². The first kappa shape index (κ1) is 11.3. The normalized spacial score (nSPS) is 18.4. The van der Waals surface area contributed by atoms with Crippen molar-refractivity contribution in [2.24, 2.45) is 5.92 Å². The number of hydrogen-bond acceptors (Lipinski definition) is 3. The molecule has 1 aliphatic carbocycles. The van der Waals surface area contributed by atoms with Crippen molar-refractivity contribution in [3.05, 3.63) is 39.5 Å². The van der Waals surface area contributed by atoms with Crippen LogP contribution in [0.15, 0.2) is 12.1 Å². The highest BCUT2D eigenvalue weighted by atomic mass is 16.5. The zero-order valence-corrected chi connectivity index (χ0v) is 10.2. The van der Waals surface area contributed by atoms with Crippen LogP contribution in [0.2, 0.25) is 0 Å². The second-order valence-corrected chi connectivity index (χ2v) is 4.93. The Hall–Kier alpha value is -1.75. The van der Waals surface area contributed by atoms with Gasteiger partial charge in [0.1, 0.15) is 0 Å². The number of benzene rings is 1. The number of nitrogens with zero attached hydrogens (tertiary/aromatic N) is 2. The number of aliphatic hydroxyl groups excluding tert-OH is 1. The van der Waals surface area contributed by atoms with Gasteiger partial charge in [0.15, 0.2) is 11.0 Å². The molecule has 1 N–H and O–H groups in total. The third kappa shape index (κ3) is 1.40. The van der Waals surface area contributed by atoms with E-state index in [-0.39, 0.29) is 18.3 Å². The Morgan fingerprint density at radius 1 is 1.39 bits per heavy atom. The topological polar surface area (TPSA) is 75.2 Å². The van der Waals surface area contributed by atoms with E-state index < -0.39 is 0 Å². The molecule has 5 heteroatoms. The van der Waals surface area contributed by atoms with E-state index in [4.69, 9.17) is 0 Å². The molecule has 0 radical (unpaired) electrons. The molecule has 0 atom stereocenters. The Bertz CT molecular complexity index is 569. The number of fused-ring (bicyclic) bond motifs is 2. The third-order valence-electron chi connectivity index (χ3n) is 3.79. The first-order valence-corrected chi connectivity index (χ1v) is 6.22. The average molecular weight is 247 g/mol. The van der Waals surface area contributed by atoms with E-state index in [9.17, 15) is 15.5 Å². The highest BCUT2D eigenvalue weighted by molar-refractivity contribution is 5.76. The average Bonchev–Trinajstić information content (AvgIpc) is 2.88. The van der Waals surface area contributed by atoms with E-state index in [0.717, 1.165) is 33.4 Å². The summed E-state index contributed by atoms with van der Waals surface area (Å²) in [6, 6.07) is 3.61. The molecule has 1 aromatic carbocycles. The SMILES string of the molecule is CCc1n([O-])c2cc3c(cc2[n+]1[O-])CC(CO)C3. The summed E-state index contributed by atoms with van der Waals surface area (Å²) < 4.78 is 1.46. The van der Waals surface area contributed by atoms with Crippen LogP contribution in [0.4, 0.5) is 0 Å². The fourth-order valence-corrected chi connectivity index (χ4v) is 2.84. The van der Waals surface area contributed by atoms with Crippen molar-refractivity contribution in [2.45, 2.75) is 26.2 Å². The maximum Gasteiger partial charge on any atom is 0.263 e. The van der Waals surface area contributed by atoms with Gasteiger partial charge in [-0.05, 0) is 42.0 Å². The molecule has 3 rings (SSSR count). The number of aromatic nitrogens is 2. The minimum atomic E-state index is 0.147. The van der Waals surface area contributed by atoms with Gasteiger partial charge in [0.2, 0.25) is 0 Å². The van der Waals surface area contributed by atoms with Crippen molar-refractivity contribution >= 4 is 11.0 Å². The molecule has 1 heterocycles. The molecule has 1 aliphatic rings. The van der Waals surface area contributed by atoms with Crippen LogP contribution in [-0.4, -0.2) is 16.4 Å². The largest absolute Gasteiger partial charge is 0.710 e. The van der Waals surface area contributed by atoms with Gasteiger partial charge in [-0.2, -0.15) is 0 Å². The third-order valence-corrected chi connectivity index (χ3v) is 3.79. The molecule has 0 saturated heterocycles.